The number of nitrogens with one attached hydrogen (secondary N) is 1. The Morgan fingerprint density at radius 1 is 0.957 bits per heavy atom. The fraction of sp³-hybridized carbons (Fsp3) is 0.316. The van der Waals surface area contributed by atoms with Gasteiger partial charge in [0.05, 0.1) is 7.11 Å². The molecule has 122 valence electrons. The molecule has 0 spiro atoms. The van der Waals surface area contributed by atoms with Gasteiger partial charge >= 0.3 is 0 Å². The van der Waals surface area contributed by atoms with Crippen molar-refractivity contribution in [2.45, 2.75) is 32.8 Å². The number of amides is 1. The quantitative estimate of drug-likeness (QED) is 0.868. The van der Waals surface area contributed by atoms with Gasteiger partial charge in [0.25, 0.3) is 5.91 Å². The lowest BCUT2D eigenvalue weighted by atomic mass is 10.0. The number of hydrogen-bond donors (Lipinski definition) is 1. The normalized spacial score (nSPS) is 11.9. The number of benzene rings is 2. The van der Waals surface area contributed by atoms with E-state index >= 15 is 0 Å². The highest BCUT2D eigenvalue weighted by atomic mass is 16.5. The molecule has 0 saturated carbocycles. The SMILES string of the molecule is COc1ccccc1O[C@H](C)C(=O)Nc1ccccc1C(C)C. The van der Waals surface area contributed by atoms with Crippen LogP contribution < -0.4 is 14.8 Å². The maximum atomic E-state index is 12.4. The monoisotopic (exact) mass is 313 g/mol. The smallest absolute Gasteiger partial charge is 0.265 e. The van der Waals surface area contributed by atoms with Crippen molar-refractivity contribution in [3.8, 4) is 11.5 Å². The summed E-state index contributed by atoms with van der Waals surface area (Å²) in [5.41, 5.74) is 1.92. The van der Waals surface area contributed by atoms with Crippen molar-refractivity contribution in [3.05, 3.63) is 54.1 Å². The van der Waals surface area contributed by atoms with Crippen molar-refractivity contribution in [1.82, 2.24) is 0 Å². The topological polar surface area (TPSA) is 47.6 Å². The molecule has 1 atom stereocenters. The van der Waals surface area contributed by atoms with Gasteiger partial charge < -0.3 is 14.8 Å². The van der Waals surface area contributed by atoms with E-state index in [1.54, 1.807) is 26.2 Å². The Morgan fingerprint density at radius 2 is 1.57 bits per heavy atom. The molecule has 2 aromatic rings. The first-order valence-electron chi connectivity index (χ1n) is 7.72. The summed E-state index contributed by atoms with van der Waals surface area (Å²) in [5.74, 6) is 1.30. The van der Waals surface area contributed by atoms with Gasteiger partial charge in [0.15, 0.2) is 17.6 Å². The second-order valence-corrected chi connectivity index (χ2v) is 5.64. The Labute approximate surface area is 137 Å². The highest BCUT2D eigenvalue weighted by Crippen LogP contribution is 2.27. The summed E-state index contributed by atoms with van der Waals surface area (Å²) >= 11 is 0. The Kier molecular flexibility index (Phi) is 5.63. The predicted octanol–water partition coefficient (Wildman–Crippen LogP) is 4.22. The average Bonchev–Trinajstić information content (AvgIpc) is 2.55. The summed E-state index contributed by atoms with van der Waals surface area (Å²) < 4.78 is 11.0. The van der Waals surface area contributed by atoms with Crippen molar-refractivity contribution in [1.29, 1.82) is 0 Å². The minimum Gasteiger partial charge on any atom is -0.493 e. The van der Waals surface area contributed by atoms with Crippen LogP contribution in [0.2, 0.25) is 0 Å². The first kappa shape index (κ1) is 16.9. The molecule has 0 saturated heterocycles. The maximum absolute atomic E-state index is 12.4. The summed E-state index contributed by atoms with van der Waals surface area (Å²) in [5, 5.41) is 2.94. The number of methoxy groups -OCH3 is 1. The van der Waals surface area contributed by atoms with Gasteiger partial charge in [-0.2, -0.15) is 0 Å². The zero-order valence-corrected chi connectivity index (χ0v) is 14.0. The molecule has 0 fully saturated rings. The van der Waals surface area contributed by atoms with Crippen molar-refractivity contribution in [2.75, 3.05) is 12.4 Å². The standard InChI is InChI=1S/C19H23NO3/c1-13(2)15-9-5-6-10-16(15)20-19(21)14(3)23-18-12-8-7-11-17(18)22-4/h5-14H,1-4H3,(H,20,21)/t14-/m1/s1. The number of anilines is 1. The van der Waals surface area contributed by atoms with Gasteiger partial charge in [0.1, 0.15) is 0 Å². The molecule has 4 heteroatoms. The molecule has 4 nitrogen and oxygen atoms in total. The fourth-order valence-electron chi connectivity index (χ4n) is 2.31. The van der Waals surface area contributed by atoms with Crippen LogP contribution in [0.4, 0.5) is 5.69 Å². The Morgan fingerprint density at radius 3 is 2.22 bits per heavy atom. The van der Waals surface area contributed by atoms with E-state index in [1.807, 2.05) is 36.4 Å². The van der Waals surface area contributed by atoms with Crippen LogP contribution in [0.5, 0.6) is 11.5 Å². The van der Waals surface area contributed by atoms with Gasteiger partial charge in [0.2, 0.25) is 0 Å². The number of hydrogen-bond acceptors (Lipinski definition) is 3. The minimum atomic E-state index is -0.633. The molecule has 0 aliphatic rings. The lowest BCUT2D eigenvalue weighted by Crippen LogP contribution is -2.30. The third-order valence-corrected chi connectivity index (χ3v) is 3.58. The number of carbonyl (C=O) groups excluding carboxylic acids is 1. The van der Waals surface area contributed by atoms with Crippen LogP contribution in [0.25, 0.3) is 0 Å². The van der Waals surface area contributed by atoms with Gasteiger partial charge in [-0.15, -0.1) is 0 Å². The van der Waals surface area contributed by atoms with E-state index < -0.39 is 6.10 Å². The number of ether oxygens (including phenoxy) is 2. The molecule has 0 radical (unpaired) electrons. The van der Waals surface area contributed by atoms with Crippen molar-refractivity contribution >= 4 is 11.6 Å². The summed E-state index contributed by atoms with van der Waals surface area (Å²) in [4.78, 5) is 12.4. The molecular formula is C19H23NO3. The molecule has 0 heterocycles. The fourth-order valence-corrected chi connectivity index (χ4v) is 2.31. The molecule has 1 amide bonds. The first-order valence-corrected chi connectivity index (χ1v) is 7.72. The zero-order chi connectivity index (χ0) is 16.8. The molecule has 0 aliphatic heterocycles. The molecule has 2 rings (SSSR count). The molecule has 0 aromatic heterocycles. The number of para-hydroxylation sites is 3. The minimum absolute atomic E-state index is 0.191. The summed E-state index contributed by atoms with van der Waals surface area (Å²) in [6, 6.07) is 15.1. The van der Waals surface area contributed by atoms with E-state index in [4.69, 9.17) is 9.47 Å². The van der Waals surface area contributed by atoms with Gasteiger partial charge in [-0.05, 0) is 36.6 Å². The Bertz CT molecular complexity index is 667. The highest BCUT2D eigenvalue weighted by Gasteiger charge is 2.18. The van der Waals surface area contributed by atoms with E-state index in [2.05, 4.69) is 19.2 Å². The predicted molar refractivity (Wildman–Crippen MR) is 92.2 cm³/mol. The lowest BCUT2D eigenvalue weighted by Gasteiger charge is -2.18. The molecule has 0 unspecified atom stereocenters. The third-order valence-electron chi connectivity index (χ3n) is 3.58. The highest BCUT2D eigenvalue weighted by molar-refractivity contribution is 5.94. The Balaban J connectivity index is 2.09. The second-order valence-electron chi connectivity index (χ2n) is 5.64. The van der Waals surface area contributed by atoms with Crippen LogP contribution in [0.15, 0.2) is 48.5 Å². The van der Waals surface area contributed by atoms with Gasteiger partial charge in [-0.1, -0.05) is 44.2 Å². The second kappa shape index (κ2) is 7.68. The van der Waals surface area contributed by atoms with Gasteiger partial charge in [-0.25, -0.2) is 0 Å². The van der Waals surface area contributed by atoms with E-state index in [0.29, 0.717) is 17.4 Å². The van der Waals surface area contributed by atoms with E-state index in [9.17, 15) is 4.79 Å². The maximum Gasteiger partial charge on any atom is 0.265 e. The summed E-state index contributed by atoms with van der Waals surface area (Å²) in [6.07, 6.45) is -0.633. The van der Waals surface area contributed by atoms with Gasteiger partial charge in [-0.3, -0.25) is 4.79 Å². The molecule has 1 N–H and O–H groups in total. The van der Waals surface area contributed by atoms with Crippen LogP contribution in [0, 0.1) is 0 Å². The van der Waals surface area contributed by atoms with Crippen LogP contribution in [-0.4, -0.2) is 19.1 Å². The average molecular weight is 313 g/mol. The summed E-state index contributed by atoms with van der Waals surface area (Å²) in [7, 11) is 1.58. The number of carbonyl (C=O) groups is 1. The Hall–Kier alpha value is -2.49. The zero-order valence-electron chi connectivity index (χ0n) is 14.0. The first-order chi connectivity index (χ1) is 11.0. The molecule has 0 bridgehead atoms. The van der Waals surface area contributed by atoms with Gasteiger partial charge in [0, 0.05) is 5.69 Å². The van der Waals surface area contributed by atoms with E-state index in [1.165, 1.54) is 0 Å². The largest absolute Gasteiger partial charge is 0.493 e. The lowest BCUT2D eigenvalue weighted by molar-refractivity contribution is -0.122. The van der Waals surface area contributed by atoms with E-state index in [-0.39, 0.29) is 5.91 Å². The van der Waals surface area contributed by atoms with E-state index in [0.717, 1.165) is 11.3 Å². The van der Waals surface area contributed by atoms with Crippen molar-refractivity contribution in [2.24, 2.45) is 0 Å². The number of rotatable bonds is 6. The summed E-state index contributed by atoms with van der Waals surface area (Å²) in [6.45, 7) is 5.92. The van der Waals surface area contributed by atoms with Crippen LogP contribution >= 0.6 is 0 Å². The van der Waals surface area contributed by atoms with Crippen molar-refractivity contribution in [3.63, 3.8) is 0 Å². The van der Waals surface area contributed by atoms with Crippen molar-refractivity contribution < 1.29 is 14.3 Å². The molecule has 0 aliphatic carbocycles. The van der Waals surface area contributed by atoms with Crippen LogP contribution in [-0.2, 0) is 4.79 Å². The molecule has 23 heavy (non-hydrogen) atoms. The molecular weight excluding hydrogens is 290 g/mol. The third kappa shape index (κ3) is 4.25. The van der Waals surface area contributed by atoms with Crippen LogP contribution in [0.1, 0.15) is 32.3 Å². The van der Waals surface area contributed by atoms with Crippen LogP contribution in [0.3, 0.4) is 0 Å². The molecule has 2 aromatic carbocycles.